The minimum absolute atomic E-state index is 0.0573. The van der Waals surface area contributed by atoms with E-state index in [-0.39, 0.29) is 19.3 Å². The lowest BCUT2D eigenvalue weighted by Crippen LogP contribution is -2.51. The first-order valence-electron chi connectivity index (χ1n) is 11.9. The third-order valence-corrected chi connectivity index (χ3v) is 5.72. The number of unbranched alkanes of at least 4 members (excludes halogenated alkanes) is 6. The fourth-order valence-corrected chi connectivity index (χ4v) is 4.00. The quantitative estimate of drug-likeness (QED) is 0.150. The van der Waals surface area contributed by atoms with E-state index in [1.165, 1.54) is 0 Å². The second-order valence-electron chi connectivity index (χ2n) is 8.50. The van der Waals surface area contributed by atoms with Crippen LogP contribution in [0.1, 0.15) is 96.8 Å². The van der Waals surface area contributed by atoms with Crippen molar-refractivity contribution in [2.45, 2.75) is 96.8 Å². The molecule has 7 nitrogen and oxygen atoms in total. The Morgan fingerprint density at radius 1 is 0.677 bits per heavy atom. The molecule has 0 bridgehead atoms. The highest BCUT2D eigenvalue weighted by atomic mass is 16.4. The summed E-state index contributed by atoms with van der Waals surface area (Å²) < 4.78 is 0.830. The molecule has 0 unspecified atom stereocenters. The van der Waals surface area contributed by atoms with E-state index < -0.39 is 17.9 Å². The number of quaternary nitrogens is 1. The van der Waals surface area contributed by atoms with Crippen molar-refractivity contribution in [1.82, 2.24) is 0 Å². The molecule has 0 amide bonds. The van der Waals surface area contributed by atoms with Crippen molar-refractivity contribution in [3.63, 3.8) is 0 Å². The van der Waals surface area contributed by atoms with Crippen LogP contribution in [0.2, 0.25) is 0 Å². The van der Waals surface area contributed by atoms with E-state index in [1.807, 2.05) is 0 Å². The monoisotopic (exact) mass is 441 g/mol. The van der Waals surface area contributed by atoms with Crippen LogP contribution < -0.4 is 5.11 Å². The summed E-state index contributed by atoms with van der Waals surface area (Å²) in [5.74, 6) is -2.59. The fraction of sp³-hybridized carbons (Fsp3) is 0.792. The van der Waals surface area contributed by atoms with E-state index in [0.29, 0.717) is 19.3 Å². The molecule has 180 valence electrons. The molecule has 0 aromatic heterocycles. The summed E-state index contributed by atoms with van der Waals surface area (Å²) in [5, 5.41) is 28.6. The number of aliphatic carboxylic acids is 3. The SMILES string of the molecule is CC/C=C/CCCCC[N+](CCCCC(=O)[O-])(CCCCC(=O)O)CCCCC(=O)O. The van der Waals surface area contributed by atoms with Crippen LogP contribution in [-0.2, 0) is 14.4 Å². The van der Waals surface area contributed by atoms with Crippen molar-refractivity contribution in [2.75, 3.05) is 26.2 Å². The number of carboxylic acid groups (broad SMARTS) is 3. The van der Waals surface area contributed by atoms with Gasteiger partial charge in [-0.1, -0.05) is 19.1 Å². The van der Waals surface area contributed by atoms with Crippen molar-refractivity contribution >= 4 is 17.9 Å². The molecule has 0 aliphatic heterocycles. The van der Waals surface area contributed by atoms with E-state index in [2.05, 4.69) is 19.1 Å². The van der Waals surface area contributed by atoms with Gasteiger partial charge in [0.1, 0.15) is 0 Å². The lowest BCUT2D eigenvalue weighted by Gasteiger charge is -2.39. The van der Waals surface area contributed by atoms with Gasteiger partial charge in [-0.2, -0.15) is 0 Å². The van der Waals surface area contributed by atoms with Gasteiger partial charge in [-0.15, -0.1) is 0 Å². The fourth-order valence-electron chi connectivity index (χ4n) is 4.00. The van der Waals surface area contributed by atoms with Gasteiger partial charge in [0.2, 0.25) is 0 Å². The van der Waals surface area contributed by atoms with Gasteiger partial charge in [0, 0.05) is 18.8 Å². The van der Waals surface area contributed by atoms with E-state index in [1.54, 1.807) is 0 Å². The molecule has 0 rings (SSSR count). The maximum atomic E-state index is 10.9. The Kier molecular flexibility index (Phi) is 17.7. The minimum atomic E-state index is -1.03. The number of carbonyl (C=O) groups is 3. The molecule has 0 aliphatic rings. The normalized spacial score (nSPS) is 11.8. The van der Waals surface area contributed by atoms with Crippen LogP contribution in [-0.4, -0.2) is 58.8 Å². The smallest absolute Gasteiger partial charge is 0.303 e. The lowest BCUT2D eigenvalue weighted by molar-refractivity contribution is -0.929. The topological polar surface area (TPSA) is 115 Å². The summed E-state index contributed by atoms with van der Waals surface area (Å²) in [6.07, 6.45) is 14.5. The first kappa shape index (κ1) is 29.1. The zero-order valence-corrected chi connectivity index (χ0v) is 19.4. The predicted octanol–water partition coefficient (Wildman–Crippen LogP) is 3.76. The van der Waals surface area contributed by atoms with E-state index in [0.717, 1.165) is 82.0 Å². The van der Waals surface area contributed by atoms with Gasteiger partial charge in [-0.25, -0.2) is 0 Å². The molecule has 0 aromatic rings. The van der Waals surface area contributed by atoms with E-state index in [4.69, 9.17) is 10.2 Å². The van der Waals surface area contributed by atoms with Gasteiger partial charge >= 0.3 is 11.9 Å². The Morgan fingerprint density at radius 3 is 1.55 bits per heavy atom. The molecular formula is C24H43NO6. The molecule has 0 aromatic carbocycles. The molecule has 0 saturated carbocycles. The summed E-state index contributed by atoms with van der Waals surface area (Å²) in [6.45, 7) is 5.67. The van der Waals surface area contributed by atoms with Crippen LogP contribution in [0.25, 0.3) is 0 Å². The summed E-state index contributed by atoms with van der Waals surface area (Å²) in [4.78, 5) is 32.5. The molecule has 0 aliphatic carbocycles. The minimum Gasteiger partial charge on any atom is -0.550 e. The lowest BCUT2D eigenvalue weighted by atomic mass is 10.1. The molecule has 2 N–H and O–H groups in total. The Morgan fingerprint density at radius 2 is 1.13 bits per heavy atom. The van der Waals surface area contributed by atoms with Gasteiger partial charge < -0.3 is 24.6 Å². The largest absolute Gasteiger partial charge is 0.550 e. The highest BCUT2D eigenvalue weighted by molar-refractivity contribution is 5.66. The maximum absolute atomic E-state index is 10.9. The first-order valence-corrected chi connectivity index (χ1v) is 11.9. The molecule has 0 fully saturated rings. The Balaban J connectivity index is 4.90. The Bertz CT molecular complexity index is 477. The van der Waals surface area contributed by atoms with Crippen molar-refractivity contribution in [3.8, 4) is 0 Å². The first-order chi connectivity index (χ1) is 14.8. The number of nitrogens with zero attached hydrogens (tertiary/aromatic N) is 1. The zero-order valence-electron chi connectivity index (χ0n) is 19.4. The molecule has 0 spiro atoms. The van der Waals surface area contributed by atoms with Gasteiger partial charge in [-0.3, -0.25) is 9.59 Å². The van der Waals surface area contributed by atoms with Crippen LogP contribution in [0.3, 0.4) is 0 Å². The number of rotatable bonds is 22. The standard InChI is InChI=1S/C24H43NO6/c1-2-3-4-5-6-7-11-18-25(19-12-8-15-22(26)27,20-13-9-16-23(28)29)21-14-10-17-24(30)31/h3-4H,2,5-21H2,1H3,(H2-,26,27,28,29,30,31)/b4-3+. The molecule has 7 heteroatoms. The molecule has 0 atom stereocenters. The average Bonchev–Trinajstić information content (AvgIpc) is 2.70. The second-order valence-corrected chi connectivity index (χ2v) is 8.50. The van der Waals surface area contributed by atoms with Gasteiger partial charge in [0.15, 0.2) is 0 Å². The Labute approximate surface area is 187 Å². The van der Waals surface area contributed by atoms with Gasteiger partial charge in [0.05, 0.1) is 26.2 Å². The van der Waals surface area contributed by atoms with Crippen molar-refractivity contribution in [1.29, 1.82) is 0 Å². The molecular weight excluding hydrogens is 398 g/mol. The number of allylic oxidation sites excluding steroid dienone is 2. The van der Waals surface area contributed by atoms with Crippen LogP contribution in [0.5, 0.6) is 0 Å². The Hall–Kier alpha value is -1.89. The van der Waals surface area contributed by atoms with Crippen molar-refractivity contribution in [3.05, 3.63) is 12.2 Å². The zero-order chi connectivity index (χ0) is 23.4. The van der Waals surface area contributed by atoms with Gasteiger partial charge in [0.25, 0.3) is 0 Å². The summed E-state index contributed by atoms with van der Waals surface area (Å²) in [7, 11) is 0. The van der Waals surface area contributed by atoms with E-state index in [9.17, 15) is 19.5 Å². The van der Waals surface area contributed by atoms with Crippen LogP contribution >= 0.6 is 0 Å². The third kappa shape index (κ3) is 18.6. The summed E-state index contributed by atoms with van der Waals surface area (Å²) in [6, 6.07) is 0. The van der Waals surface area contributed by atoms with Gasteiger partial charge in [-0.05, 0) is 77.0 Å². The molecule has 31 heavy (non-hydrogen) atoms. The average molecular weight is 442 g/mol. The maximum Gasteiger partial charge on any atom is 0.303 e. The molecule has 0 heterocycles. The second kappa shape index (κ2) is 18.8. The van der Waals surface area contributed by atoms with Crippen molar-refractivity contribution in [2.24, 2.45) is 0 Å². The molecule has 0 radical (unpaired) electrons. The predicted molar refractivity (Wildman–Crippen MR) is 119 cm³/mol. The van der Waals surface area contributed by atoms with Crippen LogP contribution in [0.15, 0.2) is 12.2 Å². The summed E-state index contributed by atoms with van der Waals surface area (Å²) >= 11 is 0. The van der Waals surface area contributed by atoms with Crippen molar-refractivity contribution < 1.29 is 34.2 Å². The van der Waals surface area contributed by atoms with Crippen LogP contribution in [0.4, 0.5) is 0 Å². The third-order valence-electron chi connectivity index (χ3n) is 5.72. The highest BCUT2D eigenvalue weighted by Crippen LogP contribution is 2.19. The van der Waals surface area contributed by atoms with Crippen LogP contribution in [0, 0.1) is 0 Å². The molecule has 0 saturated heterocycles. The highest BCUT2D eigenvalue weighted by Gasteiger charge is 2.26. The summed E-state index contributed by atoms with van der Waals surface area (Å²) in [5.41, 5.74) is 0. The number of hydrogen-bond donors (Lipinski definition) is 2. The number of carbonyl (C=O) groups excluding carboxylic acids is 1. The number of hydrogen-bond acceptors (Lipinski definition) is 4. The van der Waals surface area contributed by atoms with E-state index >= 15 is 0 Å². The number of carboxylic acids is 3.